The summed E-state index contributed by atoms with van der Waals surface area (Å²) in [7, 11) is 1.76. The summed E-state index contributed by atoms with van der Waals surface area (Å²) in [5, 5.41) is 0. The number of methoxy groups -OCH3 is 1. The molecule has 2 amide bonds. The van der Waals surface area contributed by atoms with Gasteiger partial charge < -0.3 is 14.5 Å². The van der Waals surface area contributed by atoms with Crippen LogP contribution in [-0.4, -0.2) is 61.0 Å². The summed E-state index contributed by atoms with van der Waals surface area (Å²) in [6.07, 6.45) is 5.55. The summed E-state index contributed by atoms with van der Waals surface area (Å²) in [6, 6.07) is 10.4. The number of ether oxygens (including phenoxy) is 1. The molecule has 0 bridgehead atoms. The molecule has 5 heteroatoms. The van der Waals surface area contributed by atoms with E-state index in [1.807, 2.05) is 23.1 Å². The van der Waals surface area contributed by atoms with E-state index in [-0.39, 0.29) is 24.5 Å². The van der Waals surface area contributed by atoms with Crippen LogP contribution in [0.4, 0.5) is 0 Å². The molecule has 2 aliphatic heterocycles. The van der Waals surface area contributed by atoms with Gasteiger partial charge >= 0.3 is 0 Å². The average Bonchev–Trinajstić information content (AvgIpc) is 2.87. The quantitative estimate of drug-likeness (QED) is 0.813. The van der Waals surface area contributed by atoms with Crippen molar-refractivity contribution in [3.05, 3.63) is 35.9 Å². The molecule has 2 atom stereocenters. The van der Waals surface area contributed by atoms with Crippen molar-refractivity contribution in [1.82, 2.24) is 9.80 Å². The number of nitrogens with zero attached hydrogens (tertiary/aromatic N) is 2. The van der Waals surface area contributed by atoms with Crippen molar-refractivity contribution >= 4 is 11.8 Å². The van der Waals surface area contributed by atoms with Gasteiger partial charge in [0.1, 0.15) is 0 Å². The minimum Gasteiger partial charge on any atom is -0.381 e. The van der Waals surface area contributed by atoms with E-state index in [2.05, 4.69) is 12.1 Å². The maximum absolute atomic E-state index is 12.8. The van der Waals surface area contributed by atoms with Crippen LogP contribution in [0.2, 0.25) is 0 Å². The molecule has 0 radical (unpaired) electrons. The second kappa shape index (κ2) is 9.17. The first-order valence-electron chi connectivity index (χ1n) is 9.79. The van der Waals surface area contributed by atoms with Gasteiger partial charge in [-0.1, -0.05) is 36.8 Å². The number of carbonyl (C=O) groups is 2. The number of amides is 2. The van der Waals surface area contributed by atoms with Crippen molar-refractivity contribution in [2.75, 3.05) is 33.3 Å². The molecule has 1 aromatic carbocycles. The van der Waals surface area contributed by atoms with Crippen molar-refractivity contribution in [1.29, 1.82) is 0 Å². The monoisotopic (exact) mass is 358 g/mol. The molecule has 0 aromatic heterocycles. The molecule has 2 saturated heterocycles. The Hall–Kier alpha value is -1.88. The van der Waals surface area contributed by atoms with Gasteiger partial charge in [-0.05, 0) is 31.2 Å². The lowest BCUT2D eigenvalue weighted by Gasteiger charge is -2.38. The zero-order valence-corrected chi connectivity index (χ0v) is 15.7. The molecule has 0 unspecified atom stereocenters. The van der Waals surface area contributed by atoms with Crippen molar-refractivity contribution in [2.45, 2.75) is 44.6 Å². The average molecular weight is 358 g/mol. The van der Waals surface area contributed by atoms with Gasteiger partial charge in [-0.25, -0.2) is 0 Å². The van der Waals surface area contributed by atoms with Crippen molar-refractivity contribution in [3.63, 3.8) is 0 Å². The van der Waals surface area contributed by atoms with Crippen molar-refractivity contribution in [2.24, 2.45) is 5.92 Å². The summed E-state index contributed by atoms with van der Waals surface area (Å²) in [5.41, 5.74) is 1.27. The number of benzene rings is 1. The number of rotatable bonds is 5. The second-order valence-electron chi connectivity index (χ2n) is 7.48. The normalized spacial score (nSPS) is 24.4. The first kappa shape index (κ1) is 18.9. The Morgan fingerprint density at radius 2 is 1.96 bits per heavy atom. The Kier molecular flexibility index (Phi) is 6.67. The van der Waals surface area contributed by atoms with E-state index in [1.54, 1.807) is 12.0 Å². The Morgan fingerprint density at radius 3 is 2.73 bits per heavy atom. The highest BCUT2D eigenvalue weighted by Gasteiger charge is 2.32. The zero-order valence-electron chi connectivity index (χ0n) is 15.7. The van der Waals surface area contributed by atoms with E-state index in [9.17, 15) is 9.59 Å². The van der Waals surface area contributed by atoms with E-state index in [0.29, 0.717) is 32.0 Å². The molecule has 3 rings (SSSR count). The molecule has 1 aromatic rings. The molecule has 0 saturated carbocycles. The number of likely N-dealkylation sites (tertiary alicyclic amines) is 2. The lowest BCUT2D eigenvalue weighted by Crippen LogP contribution is -2.50. The molecule has 5 nitrogen and oxygen atoms in total. The first-order chi connectivity index (χ1) is 12.7. The third-order valence-corrected chi connectivity index (χ3v) is 5.66. The van der Waals surface area contributed by atoms with Crippen LogP contribution in [0, 0.1) is 5.92 Å². The van der Waals surface area contributed by atoms with Crippen LogP contribution in [-0.2, 0) is 20.7 Å². The predicted octanol–water partition coefficient (Wildman–Crippen LogP) is 2.50. The summed E-state index contributed by atoms with van der Waals surface area (Å²) >= 11 is 0. The van der Waals surface area contributed by atoms with E-state index >= 15 is 0 Å². The topological polar surface area (TPSA) is 49.9 Å². The van der Waals surface area contributed by atoms with Gasteiger partial charge in [-0.3, -0.25) is 9.59 Å². The van der Waals surface area contributed by atoms with Gasteiger partial charge in [-0.15, -0.1) is 0 Å². The first-order valence-corrected chi connectivity index (χ1v) is 9.79. The lowest BCUT2D eigenvalue weighted by atomic mass is 9.88. The van der Waals surface area contributed by atoms with Crippen molar-refractivity contribution < 1.29 is 14.3 Å². The maximum Gasteiger partial charge on any atom is 0.242 e. The SMILES string of the molecule is CO[C@H]1CCN(C(=O)CN2CCCCCC2=O)C[C@H]1Cc1ccccc1. The summed E-state index contributed by atoms with van der Waals surface area (Å²) in [4.78, 5) is 28.7. The fraction of sp³-hybridized carbons (Fsp3) is 0.619. The van der Waals surface area contributed by atoms with Crippen LogP contribution in [0.15, 0.2) is 30.3 Å². The highest BCUT2D eigenvalue weighted by molar-refractivity contribution is 5.85. The van der Waals surface area contributed by atoms with Gasteiger partial charge in [0.25, 0.3) is 0 Å². The number of piperidine rings is 1. The highest BCUT2D eigenvalue weighted by atomic mass is 16.5. The fourth-order valence-corrected chi connectivity index (χ4v) is 4.13. The molecule has 0 N–H and O–H groups in total. The van der Waals surface area contributed by atoms with Crippen LogP contribution in [0.1, 0.15) is 37.7 Å². The summed E-state index contributed by atoms with van der Waals surface area (Å²) < 4.78 is 5.69. The fourth-order valence-electron chi connectivity index (χ4n) is 4.13. The molecular weight excluding hydrogens is 328 g/mol. The van der Waals surface area contributed by atoms with Gasteiger partial charge in [0.2, 0.25) is 11.8 Å². The number of carbonyl (C=O) groups excluding carboxylic acids is 2. The van der Waals surface area contributed by atoms with Crippen LogP contribution in [0.3, 0.4) is 0 Å². The number of hydrogen-bond acceptors (Lipinski definition) is 3. The standard InChI is InChI=1S/C21H30N2O3/c1-26-19-11-13-23(15-18(19)14-17-8-4-2-5-9-17)21(25)16-22-12-7-3-6-10-20(22)24/h2,4-5,8-9,18-19H,3,6-7,10-16H2,1H3/t18-,19+/m1/s1. The van der Waals surface area contributed by atoms with Crippen LogP contribution in [0.25, 0.3) is 0 Å². The zero-order chi connectivity index (χ0) is 18.4. The van der Waals surface area contributed by atoms with Gasteiger partial charge in [0.05, 0.1) is 12.6 Å². The van der Waals surface area contributed by atoms with Crippen molar-refractivity contribution in [3.8, 4) is 0 Å². The summed E-state index contributed by atoms with van der Waals surface area (Å²) in [6.45, 7) is 2.36. The van der Waals surface area contributed by atoms with E-state index in [0.717, 1.165) is 32.1 Å². The second-order valence-corrected chi connectivity index (χ2v) is 7.48. The summed E-state index contributed by atoms with van der Waals surface area (Å²) in [5.74, 6) is 0.497. The van der Waals surface area contributed by atoms with Gasteiger partial charge in [0, 0.05) is 39.1 Å². The molecule has 2 fully saturated rings. The minimum atomic E-state index is 0.0767. The van der Waals surface area contributed by atoms with Crippen LogP contribution in [0.5, 0.6) is 0 Å². The Morgan fingerprint density at radius 1 is 1.15 bits per heavy atom. The minimum absolute atomic E-state index is 0.0767. The Bertz CT molecular complexity index is 605. The molecule has 0 spiro atoms. The molecular formula is C21H30N2O3. The molecule has 0 aliphatic carbocycles. The Balaban J connectivity index is 1.60. The van der Waals surface area contributed by atoms with E-state index in [1.165, 1.54) is 5.56 Å². The smallest absolute Gasteiger partial charge is 0.242 e. The predicted molar refractivity (Wildman–Crippen MR) is 101 cm³/mol. The molecule has 26 heavy (non-hydrogen) atoms. The molecule has 142 valence electrons. The maximum atomic E-state index is 12.8. The molecule has 2 aliphatic rings. The molecule has 2 heterocycles. The van der Waals surface area contributed by atoms with Gasteiger partial charge in [0.15, 0.2) is 0 Å². The van der Waals surface area contributed by atoms with Crippen LogP contribution >= 0.6 is 0 Å². The highest BCUT2D eigenvalue weighted by Crippen LogP contribution is 2.24. The third-order valence-electron chi connectivity index (χ3n) is 5.66. The number of hydrogen-bond donors (Lipinski definition) is 0. The lowest BCUT2D eigenvalue weighted by molar-refractivity contribution is -0.142. The van der Waals surface area contributed by atoms with Gasteiger partial charge in [-0.2, -0.15) is 0 Å². The Labute approximate surface area is 156 Å². The van der Waals surface area contributed by atoms with E-state index in [4.69, 9.17) is 4.74 Å². The van der Waals surface area contributed by atoms with Crippen LogP contribution < -0.4 is 0 Å². The largest absolute Gasteiger partial charge is 0.381 e. The van der Waals surface area contributed by atoms with E-state index < -0.39 is 0 Å². The third kappa shape index (κ3) is 4.85.